The monoisotopic (exact) mass is 302 g/mol. The third-order valence-corrected chi connectivity index (χ3v) is 4.62. The Balaban J connectivity index is 2.10. The van der Waals surface area contributed by atoms with Crippen LogP contribution in [0, 0.1) is 19.7 Å². The van der Waals surface area contributed by atoms with Crippen LogP contribution in [0.15, 0.2) is 24.3 Å². The summed E-state index contributed by atoms with van der Waals surface area (Å²) in [5.41, 5.74) is 4.33. The van der Waals surface area contributed by atoms with Crippen LogP contribution in [0.5, 0.6) is 0 Å². The summed E-state index contributed by atoms with van der Waals surface area (Å²) in [7, 11) is 0. The summed E-state index contributed by atoms with van der Waals surface area (Å²) in [5.74, 6) is 6.48. The van der Waals surface area contributed by atoms with Crippen LogP contribution in [0.4, 0.5) is 10.2 Å². The maximum absolute atomic E-state index is 13.7. The van der Waals surface area contributed by atoms with Gasteiger partial charge in [0.1, 0.15) is 16.5 Å². The van der Waals surface area contributed by atoms with Crippen LogP contribution in [0.1, 0.15) is 21.8 Å². The average Bonchev–Trinajstić information content (AvgIpc) is 2.76. The van der Waals surface area contributed by atoms with Crippen molar-refractivity contribution in [3.63, 3.8) is 0 Å². The van der Waals surface area contributed by atoms with E-state index in [1.165, 1.54) is 10.9 Å². The number of nitrogens with zero attached hydrogens (tertiary/aromatic N) is 2. The Morgan fingerprint density at radius 3 is 2.71 bits per heavy atom. The van der Waals surface area contributed by atoms with Crippen molar-refractivity contribution in [1.82, 2.24) is 9.97 Å². The molecule has 108 valence electrons. The number of anilines is 1. The molecule has 3 N–H and O–H groups in total. The lowest BCUT2D eigenvalue weighted by Crippen LogP contribution is -2.11. The SMILES string of the molecule is Cc1sc2nc(Cc3ccccc3F)nc(NN)c2c1C. The normalized spacial score (nSPS) is 11.0. The smallest absolute Gasteiger partial charge is 0.152 e. The van der Waals surface area contributed by atoms with Gasteiger partial charge in [0.25, 0.3) is 0 Å². The first-order chi connectivity index (χ1) is 10.1. The van der Waals surface area contributed by atoms with E-state index in [0.29, 0.717) is 23.6 Å². The number of aromatic nitrogens is 2. The number of benzene rings is 1. The van der Waals surface area contributed by atoms with Crippen molar-refractivity contribution >= 4 is 27.4 Å². The largest absolute Gasteiger partial charge is 0.308 e. The average molecular weight is 302 g/mol. The molecule has 0 atom stereocenters. The Kier molecular flexibility index (Phi) is 3.57. The third kappa shape index (κ3) is 2.48. The molecular weight excluding hydrogens is 287 g/mol. The fourth-order valence-electron chi connectivity index (χ4n) is 2.29. The van der Waals surface area contributed by atoms with Gasteiger partial charge in [-0.1, -0.05) is 18.2 Å². The molecule has 0 aliphatic heterocycles. The fourth-order valence-corrected chi connectivity index (χ4v) is 3.34. The first kappa shape index (κ1) is 13.9. The van der Waals surface area contributed by atoms with Crippen LogP contribution >= 0.6 is 11.3 Å². The molecule has 0 unspecified atom stereocenters. The summed E-state index contributed by atoms with van der Waals surface area (Å²) in [6.45, 7) is 4.06. The van der Waals surface area contributed by atoms with Crippen LogP contribution in [0.2, 0.25) is 0 Å². The summed E-state index contributed by atoms with van der Waals surface area (Å²) < 4.78 is 13.7. The Morgan fingerprint density at radius 1 is 1.24 bits per heavy atom. The van der Waals surface area contributed by atoms with E-state index in [-0.39, 0.29) is 5.82 Å². The number of thiophene rings is 1. The van der Waals surface area contributed by atoms with Gasteiger partial charge in [0, 0.05) is 11.3 Å². The number of nitrogen functional groups attached to an aromatic ring is 1. The zero-order valence-electron chi connectivity index (χ0n) is 11.8. The third-order valence-electron chi connectivity index (χ3n) is 3.52. The molecule has 2 heterocycles. The predicted molar refractivity (Wildman–Crippen MR) is 83.9 cm³/mol. The van der Waals surface area contributed by atoms with Gasteiger partial charge in [-0.15, -0.1) is 11.3 Å². The van der Waals surface area contributed by atoms with Crippen LogP contribution < -0.4 is 11.3 Å². The van der Waals surface area contributed by atoms with Crippen LogP contribution in [-0.4, -0.2) is 9.97 Å². The molecule has 0 aliphatic carbocycles. The zero-order valence-corrected chi connectivity index (χ0v) is 12.6. The highest BCUT2D eigenvalue weighted by Gasteiger charge is 2.14. The van der Waals surface area contributed by atoms with E-state index in [1.54, 1.807) is 29.5 Å². The second kappa shape index (κ2) is 5.38. The zero-order chi connectivity index (χ0) is 15.0. The molecule has 4 nitrogen and oxygen atoms in total. The summed E-state index contributed by atoms with van der Waals surface area (Å²) in [6.07, 6.45) is 0.341. The molecule has 0 saturated carbocycles. The molecule has 0 fully saturated rings. The summed E-state index contributed by atoms with van der Waals surface area (Å²) in [6, 6.07) is 6.65. The van der Waals surface area contributed by atoms with E-state index < -0.39 is 0 Å². The first-order valence-electron chi connectivity index (χ1n) is 6.56. The molecule has 3 rings (SSSR count). The van der Waals surface area contributed by atoms with E-state index in [4.69, 9.17) is 5.84 Å². The molecule has 1 aromatic carbocycles. The lowest BCUT2D eigenvalue weighted by atomic mass is 10.1. The number of halogens is 1. The molecule has 2 aromatic heterocycles. The minimum atomic E-state index is -0.248. The number of hydrazine groups is 1. The number of hydrogen-bond donors (Lipinski definition) is 2. The first-order valence-corrected chi connectivity index (χ1v) is 7.38. The Morgan fingerprint density at radius 2 is 2.00 bits per heavy atom. The summed E-state index contributed by atoms with van der Waals surface area (Å²) in [4.78, 5) is 11.0. The number of hydrogen-bond acceptors (Lipinski definition) is 5. The molecule has 0 radical (unpaired) electrons. The number of rotatable bonds is 3. The predicted octanol–water partition coefficient (Wildman–Crippen LogP) is 3.32. The van der Waals surface area contributed by atoms with E-state index in [0.717, 1.165) is 15.8 Å². The van der Waals surface area contributed by atoms with Crippen LogP contribution in [0.25, 0.3) is 10.2 Å². The van der Waals surface area contributed by atoms with Crippen molar-refractivity contribution in [3.05, 3.63) is 51.9 Å². The van der Waals surface area contributed by atoms with E-state index in [1.807, 2.05) is 13.8 Å². The van der Waals surface area contributed by atoms with Crippen LogP contribution in [-0.2, 0) is 6.42 Å². The Bertz CT molecular complexity index is 813. The number of fused-ring (bicyclic) bond motifs is 1. The van der Waals surface area contributed by atoms with E-state index in [2.05, 4.69) is 15.4 Å². The van der Waals surface area contributed by atoms with Crippen molar-refractivity contribution < 1.29 is 4.39 Å². The van der Waals surface area contributed by atoms with Crippen molar-refractivity contribution in [2.24, 2.45) is 5.84 Å². The minimum Gasteiger partial charge on any atom is -0.308 e. The van der Waals surface area contributed by atoms with Gasteiger partial charge in [0.05, 0.1) is 5.39 Å². The van der Waals surface area contributed by atoms with Crippen molar-refractivity contribution in [2.75, 3.05) is 5.43 Å². The van der Waals surface area contributed by atoms with E-state index in [9.17, 15) is 4.39 Å². The van der Waals surface area contributed by atoms with Gasteiger partial charge in [-0.2, -0.15) is 0 Å². The highest BCUT2D eigenvalue weighted by molar-refractivity contribution is 7.18. The van der Waals surface area contributed by atoms with Gasteiger partial charge in [-0.05, 0) is 31.0 Å². The second-order valence-corrected chi connectivity index (χ2v) is 6.07. The number of nitrogens with one attached hydrogen (secondary N) is 1. The van der Waals surface area contributed by atoms with Gasteiger partial charge < -0.3 is 5.43 Å². The summed E-state index contributed by atoms with van der Waals surface area (Å²) >= 11 is 1.60. The maximum atomic E-state index is 13.7. The number of nitrogens with two attached hydrogens (primary N) is 1. The minimum absolute atomic E-state index is 0.248. The molecule has 0 amide bonds. The maximum Gasteiger partial charge on any atom is 0.152 e. The van der Waals surface area contributed by atoms with Crippen molar-refractivity contribution in [3.8, 4) is 0 Å². The van der Waals surface area contributed by atoms with Crippen molar-refractivity contribution in [1.29, 1.82) is 0 Å². The molecular formula is C15H15FN4S. The molecule has 0 bridgehead atoms. The molecule has 0 spiro atoms. The molecule has 6 heteroatoms. The Labute approximate surface area is 125 Å². The quantitative estimate of drug-likeness (QED) is 0.575. The lowest BCUT2D eigenvalue weighted by Gasteiger charge is -2.07. The van der Waals surface area contributed by atoms with Gasteiger partial charge >= 0.3 is 0 Å². The fraction of sp³-hybridized carbons (Fsp3) is 0.200. The highest BCUT2D eigenvalue weighted by Crippen LogP contribution is 2.33. The van der Waals surface area contributed by atoms with Gasteiger partial charge in [0.15, 0.2) is 5.82 Å². The molecule has 0 aliphatic rings. The van der Waals surface area contributed by atoms with E-state index >= 15 is 0 Å². The van der Waals surface area contributed by atoms with Gasteiger partial charge in [-0.25, -0.2) is 20.2 Å². The number of aryl methyl sites for hydroxylation is 2. The standard InChI is InChI=1S/C15H15FN4S/c1-8-9(2)21-15-13(8)14(20-17)18-12(19-15)7-10-5-3-4-6-11(10)16/h3-6H,7,17H2,1-2H3,(H,18,19,20). The lowest BCUT2D eigenvalue weighted by molar-refractivity contribution is 0.612. The highest BCUT2D eigenvalue weighted by atomic mass is 32.1. The van der Waals surface area contributed by atoms with Gasteiger partial charge in [-0.3, -0.25) is 0 Å². The van der Waals surface area contributed by atoms with Crippen LogP contribution in [0.3, 0.4) is 0 Å². The molecule has 3 aromatic rings. The Hall–Kier alpha value is -2.05. The van der Waals surface area contributed by atoms with Gasteiger partial charge in [0.2, 0.25) is 0 Å². The topological polar surface area (TPSA) is 63.8 Å². The summed E-state index contributed by atoms with van der Waals surface area (Å²) in [5, 5.41) is 0.942. The molecule has 21 heavy (non-hydrogen) atoms. The molecule has 0 saturated heterocycles. The van der Waals surface area contributed by atoms with Crippen molar-refractivity contribution in [2.45, 2.75) is 20.3 Å². The second-order valence-electron chi connectivity index (χ2n) is 4.86.